The predicted octanol–water partition coefficient (Wildman–Crippen LogP) is 2.62. The highest BCUT2D eigenvalue weighted by Crippen LogP contribution is 2.21. The molecule has 0 aliphatic carbocycles. The summed E-state index contributed by atoms with van der Waals surface area (Å²) in [4.78, 5) is 23.7. The van der Waals surface area contributed by atoms with Crippen LogP contribution < -0.4 is 10.0 Å². The van der Waals surface area contributed by atoms with Gasteiger partial charge in [0.1, 0.15) is 5.82 Å². The molecule has 2 aromatic carbocycles. The minimum absolute atomic E-state index is 0.0623. The van der Waals surface area contributed by atoms with Crippen molar-refractivity contribution in [1.82, 2.24) is 5.32 Å². The molecule has 0 fully saturated rings. The molecule has 0 saturated carbocycles. The number of sulfonamides is 1. The van der Waals surface area contributed by atoms with E-state index in [-0.39, 0.29) is 16.1 Å². The fourth-order valence-electron chi connectivity index (χ4n) is 2.38. The quantitative estimate of drug-likeness (QED) is 0.686. The largest absolute Gasteiger partial charge is 0.449 e. The molecule has 0 aliphatic heterocycles. The van der Waals surface area contributed by atoms with Crippen LogP contribution in [0.3, 0.4) is 0 Å². The minimum atomic E-state index is -4.06. The number of anilines is 1. The molecule has 28 heavy (non-hydrogen) atoms. The molecule has 0 unspecified atom stereocenters. The first-order valence-electron chi connectivity index (χ1n) is 8.51. The van der Waals surface area contributed by atoms with Gasteiger partial charge in [0, 0.05) is 12.2 Å². The summed E-state index contributed by atoms with van der Waals surface area (Å²) in [6.07, 6.45) is -0.997. The Hall–Kier alpha value is -2.94. The molecule has 0 radical (unpaired) electrons. The number of halogens is 1. The van der Waals surface area contributed by atoms with Crippen molar-refractivity contribution >= 4 is 27.6 Å². The molecule has 1 atom stereocenters. The summed E-state index contributed by atoms with van der Waals surface area (Å²) >= 11 is 0. The summed E-state index contributed by atoms with van der Waals surface area (Å²) < 4.78 is 45.9. The van der Waals surface area contributed by atoms with E-state index in [1.807, 2.05) is 0 Å². The molecule has 150 valence electrons. The van der Waals surface area contributed by atoms with Crippen molar-refractivity contribution in [2.24, 2.45) is 0 Å². The average Bonchev–Trinajstić information content (AvgIpc) is 2.63. The van der Waals surface area contributed by atoms with Crippen LogP contribution in [0.15, 0.2) is 47.4 Å². The molecule has 2 rings (SSSR count). The lowest BCUT2D eigenvalue weighted by Gasteiger charge is -2.14. The number of carbonyl (C=O) groups is 2. The monoisotopic (exact) mass is 408 g/mol. The van der Waals surface area contributed by atoms with Crippen molar-refractivity contribution in [3.63, 3.8) is 0 Å². The minimum Gasteiger partial charge on any atom is -0.449 e. The lowest BCUT2D eigenvalue weighted by atomic mass is 10.2. The summed E-state index contributed by atoms with van der Waals surface area (Å²) in [5.74, 6) is -1.89. The first-order valence-corrected chi connectivity index (χ1v) is 10.00. The molecule has 0 aliphatic rings. The van der Waals surface area contributed by atoms with E-state index in [9.17, 15) is 22.4 Å². The molecule has 0 aromatic heterocycles. The van der Waals surface area contributed by atoms with E-state index >= 15 is 0 Å². The highest BCUT2D eigenvalue weighted by Gasteiger charge is 2.21. The molecule has 2 aromatic rings. The Morgan fingerprint density at radius 3 is 2.57 bits per heavy atom. The molecule has 2 N–H and O–H groups in total. The van der Waals surface area contributed by atoms with Crippen molar-refractivity contribution in [3.8, 4) is 0 Å². The van der Waals surface area contributed by atoms with Gasteiger partial charge < -0.3 is 10.1 Å². The zero-order valence-electron chi connectivity index (χ0n) is 15.7. The number of nitrogens with one attached hydrogen (secondary N) is 2. The number of rotatable bonds is 7. The normalized spacial score (nSPS) is 12.1. The number of benzene rings is 2. The molecule has 0 spiro atoms. The fraction of sp³-hybridized carbons (Fsp3) is 0.263. The molecule has 1 amide bonds. The lowest BCUT2D eigenvalue weighted by molar-refractivity contribution is -0.128. The molecular formula is C19H21FN2O5S. The smallest absolute Gasteiger partial charge is 0.338 e. The Bertz CT molecular complexity index is 992. The van der Waals surface area contributed by atoms with Crippen LogP contribution in [0.5, 0.6) is 0 Å². The van der Waals surface area contributed by atoms with Crippen molar-refractivity contribution < 1.29 is 27.1 Å². The maximum atomic E-state index is 13.4. The Balaban J connectivity index is 2.20. The second kappa shape index (κ2) is 8.83. The molecule has 0 saturated heterocycles. The van der Waals surface area contributed by atoms with Crippen molar-refractivity contribution in [2.45, 2.75) is 31.8 Å². The highest BCUT2D eigenvalue weighted by molar-refractivity contribution is 7.92. The highest BCUT2D eigenvalue weighted by atomic mass is 32.2. The van der Waals surface area contributed by atoms with Gasteiger partial charge in [0.05, 0.1) is 10.5 Å². The van der Waals surface area contributed by atoms with E-state index in [2.05, 4.69) is 10.0 Å². The average molecular weight is 408 g/mol. The Morgan fingerprint density at radius 1 is 1.18 bits per heavy atom. The first-order chi connectivity index (χ1) is 13.1. The third kappa shape index (κ3) is 5.29. The van der Waals surface area contributed by atoms with Crippen molar-refractivity contribution in [2.75, 3.05) is 11.3 Å². The molecule has 9 heteroatoms. The fourth-order valence-corrected chi connectivity index (χ4v) is 3.69. The SMILES string of the molecule is CCNC(=O)[C@@H](C)OC(=O)c1cccc(NS(=O)(=O)c2cc(F)ccc2C)c1. The van der Waals surface area contributed by atoms with Crippen molar-refractivity contribution in [3.05, 3.63) is 59.4 Å². The van der Waals surface area contributed by atoms with E-state index in [1.165, 1.54) is 43.3 Å². The van der Waals surface area contributed by atoms with Crippen molar-refractivity contribution in [1.29, 1.82) is 0 Å². The van der Waals surface area contributed by atoms with Crippen LogP contribution in [0.25, 0.3) is 0 Å². The lowest BCUT2D eigenvalue weighted by Crippen LogP contribution is -2.35. The molecule has 7 nitrogen and oxygen atoms in total. The van der Waals surface area contributed by atoms with Gasteiger partial charge >= 0.3 is 5.97 Å². The third-order valence-corrected chi connectivity index (χ3v) is 5.32. The van der Waals surface area contributed by atoms with Gasteiger partial charge in [-0.25, -0.2) is 17.6 Å². The van der Waals surface area contributed by atoms with Crippen LogP contribution in [0.1, 0.15) is 29.8 Å². The van der Waals surface area contributed by atoms with Gasteiger partial charge in [0.15, 0.2) is 6.10 Å². The summed E-state index contributed by atoms with van der Waals surface area (Å²) in [7, 11) is -4.06. The van der Waals surface area contributed by atoms with Gasteiger partial charge in [-0.1, -0.05) is 12.1 Å². The standard InChI is InChI=1S/C19H21FN2O5S/c1-4-21-18(23)13(3)27-19(24)14-6-5-7-16(10-14)22-28(25,26)17-11-15(20)9-8-12(17)2/h5-11,13,22H,4H2,1-3H3,(H,21,23)/t13-/m1/s1. The van der Waals surface area contributed by atoms with Gasteiger partial charge in [-0.15, -0.1) is 0 Å². The Labute approximate surface area is 163 Å². The van der Waals surface area contributed by atoms with Gasteiger partial charge in [-0.05, 0) is 56.7 Å². The zero-order chi connectivity index (χ0) is 20.9. The van der Waals surface area contributed by atoms with E-state index in [4.69, 9.17) is 4.74 Å². The number of amides is 1. The van der Waals surface area contributed by atoms with E-state index in [0.29, 0.717) is 12.1 Å². The number of aryl methyl sites for hydroxylation is 1. The number of likely N-dealkylation sites (N-methyl/N-ethyl adjacent to an activating group) is 1. The molecule has 0 bridgehead atoms. The number of carbonyl (C=O) groups excluding carboxylic acids is 2. The number of esters is 1. The van der Waals surface area contributed by atoms with Gasteiger partial charge in [-0.3, -0.25) is 9.52 Å². The topological polar surface area (TPSA) is 102 Å². The number of hydrogen-bond donors (Lipinski definition) is 2. The summed E-state index contributed by atoms with van der Waals surface area (Å²) in [6.45, 7) is 5.12. The maximum Gasteiger partial charge on any atom is 0.338 e. The van der Waals surface area contributed by atoms with E-state index in [1.54, 1.807) is 13.8 Å². The number of hydrogen-bond acceptors (Lipinski definition) is 5. The predicted molar refractivity (Wildman–Crippen MR) is 102 cm³/mol. The van der Waals surface area contributed by atoms with Crippen LogP contribution in [-0.2, 0) is 19.6 Å². The summed E-state index contributed by atoms with van der Waals surface area (Å²) in [5, 5.41) is 2.53. The summed E-state index contributed by atoms with van der Waals surface area (Å²) in [6, 6.07) is 9.06. The Kier molecular flexibility index (Phi) is 6.74. The van der Waals surface area contributed by atoms with Crippen LogP contribution in [-0.4, -0.2) is 32.9 Å². The second-order valence-corrected chi connectivity index (χ2v) is 7.69. The van der Waals surface area contributed by atoms with Gasteiger partial charge in [0.25, 0.3) is 15.9 Å². The van der Waals surface area contributed by atoms with Crippen LogP contribution >= 0.6 is 0 Å². The number of ether oxygens (including phenoxy) is 1. The first kappa shape index (κ1) is 21.4. The summed E-state index contributed by atoms with van der Waals surface area (Å²) in [5.41, 5.74) is 0.538. The zero-order valence-corrected chi connectivity index (χ0v) is 16.5. The van der Waals surface area contributed by atoms with Crippen LogP contribution in [0.4, 0.5) is 10.1 Å². The van der Waals surface area contributed by atoms with E-state index in [0.717, 1.165) is 6.07 Å². The van der Waals surface area contributed by atoms with Crippen LogP contribution in [0, 0.1) is 12.7 Å². The van der Waals surface area contributed by atoms with Gasteiger partial charge in [0.2, 0.25) is 0 Å². The third-order valence-electron chi connectivity index (χ3n) is 3.79. The Morgan fingerprint density at radius 2 is 1.89 bits per heavy atom. The maximum absolute atomic E-state index is 13.4. The second-order valence-electron chi connectivity index (χ2n) is 6.04. The molecule has 0 heterocycles. The van der Waals surface area contributed by atoms with Gasteiger partial charge in [-0.2, -0.15) is 0 Å². The van der Waals surface area contributed by atoms with Crippen LogP contribution in [0.2, 0.25) is 0 Å². The molecular weight excluding hydrogens is 387 g/mol. The van der Waals surface area contributed by atoms with E-state index < -0.39 is 33.8 Å².